The van der Waals surface area contributed by atoms with Gasteiger partial charge in [0.05, 0.1) is 24.6 Å². The largest absolute Gasteiger partial charge is 0.463 e. The summed E-state index contributed by atoms with van der Waals surface area (Å²) in [4.78, 5) is 36.9. The van der Waals surface area contributed by atoms with Gasteiger partial charge in [-0.05, 0) is 37.6 Å². The number of anilines is 2. The van der Waals surface area contributed by atoms with Crippen LogP contribution in [0.4, 0.5) is 20.7 Å². The van der Waals surface area contributed by atoms with E-state index in [1.807, 2.05) is 0 Å². The maximum Gasteiger partial charge on any atom is 0.410 e. The highest BCUT2D eigenvalue weighted by atomic mass is 19.1. The molecule has 3 rings (SSSR count). The minimum Gasteiger partial charge on any atom is -0.463 e. The summed E-state index contributed by atoms with van der Waals surface area (Å²) in [5.41, 5.74) is 6.08. The predicted octanol–water partition coefficient (Wildman–Crippen LogP) is 1.95. The second kappa shape index (κ2) is 10.4. The third kappa shape index (κ3) is 5.76. The zero-order valence-electron chi connectivity index (χ0n) is 17.9. The van der Waals surface area contributed by atoms with E-state index < -0.39 is 42.4 Å². The molecule has 0 bridgehead atoms. The number of amides is 2. The first-order chi connectivity index (χ1) is 15.8. The Morgan fingerprint density at radius 3 is 2.67 bits per heavy atom. The Morgan fingerprint density at radius 1 is 1.30 bits per heavy atom. The Balaban J connectivity index is 1.72. The smallest absolute Gasteiger partial charge is 0.410 e. The van der Waals surface area contributed by atoms with Crippen LogP contribution in [0.2, 0.25) is 0 Å². The molecule has 2 aromatic rings. The highest BCUT2D eigenvalue weighted by molar-refractivity contribution is 5.98. The zero-order chi connectivity index (χ0) is 24.0. The van der Waals surface area contributed by atoms with E-state index in [9.17, 15) is 24.0 Å². The molecule has 12 heteroatoms. The van der Waals surface area contributed by atoms with E-state index in [2.05, 4.69) is 16.5 Å². The third-order valence-corrected chi connectivity index (χ3v) is 5.06. The number of halogens is 1. The normalized spacial score (nSPS) is 17.7. The number of primary amides is 1. The molecule has 0 aliphatic carbocycles. The summed E-state index contributed by atoms with van der Waals surface area (Å²) in [6, 6.07) is 7.20. The van der Waals surface area contributed by atoms with Crippen LogP contribution in [0, 0.1) is 23.1 Å². The molecule has 0 radical (unpaired) electrons. The molecule has 3 N–H and O–H groups in total. The number of aromatic nitrogens is 2. The van der Waals surface area contributed by atoms with E-state index in [1.54, 1.807) is 6.92 Å². The summed E-state index contributed by atoms with van der Waals surface area (Å²) in [6.07, 6.45) is 1.07. The highest BCUT2D eigenvalue weighted by Gasteiger charge is 2.35. The van der Waals surface area contributed by atoms with Crippen LogP contribution < -0.4 is 11.1 Å². The van der Waals surface area contributed by atoms with Gasteiger partial charge in [-0.2, -0.15) is 10.4 Å². The van der Waals surface area contributed by atoms with Crippen LogP contribution in [0.15, 0.2) is 30.5 Å². The number of hydrogen-bond donors (Lipinski definition) is 2. The number of ether oxygens (including phenoxy) is 2. The standard InChI is InChI=1S/C21H23FN6O5/c1-2-32-18(29)12-33-21(31)27-8-7-17(13(9-23)10-27)28-11-16(19(24)30)20(26-28)25-15-5-3-14(22)4-6-15/h3-6,11,13,17H,2,7-8,10,12H2,1H3,(H2,24,30)(H,25,26)/t13-,17-/m1/s1. The Hall–Kier alpha value is -4.14. The Morgan fingerprint density at radius 2 is 2.03 bits per heavy atom. The van der Waals surface area contributed by atoms with Crippen molar-refractivity contribution < 1.29 is 28.2 Å². The molecule has 2 amide bonds. The van der Waals surface area contributed by atoms with Crippen LogP contribution in [0.1, 0.15) is 29.7 Å². The minimum absolute atomic E-state index is 0.0509. The number of nitrogens with two attached hydrogens (primary N) is 1. The second-order valence-corrected chi connectivity index (χ2v) is 7.26. The SMILES string of the molecule is CCOC(=O)COC(=O)N1CC[C@@H](n2cc(C(N)=O)c(Nc3ccc(F)cc3)n2)[C@H](C#N)C1. The van der Waals surface area contributed by atoms with Gasteiger partial charge in [-0.3, -0.25) is 9.48 Å². The van der Waals surface area contributed by atoms with Crippen molar-refractivity contribution >= 4 is 29.5 Å². The van der Waals surface area contributed by atoms with Crippen LogP contribution >= 0.6 is 0 Å². The first-order valence-electron chi connectivity index (χ1n) is 10.2. The second-order valence-electron chi connectivity index (χ2n) is 7.26. The molecule has 1 aromatic carbocycles. The lowest BCUT2D eigenvalue weighted by atomic mass is 9.94. The van der Waals surface area contributed by atoms with Gasteiger partial charge in [0, 0.05) is 25.0 Å². The molecule has 0 spiro atoms. The molecule has 11 nitrogen and oxygen atoms in total. The molecule has 2 heterocycles. The van der Waals surface area contributed by atoms with Gasteiger partial charge in [-0.15, -0.1) is 0 Å². The number of hydrogen-bond acceptors (Lipinski definition) is 8. The van der Waals surface area contributed by atoms with Crippen molar-refractivity contribution in [1.82, 2.24) is 14.7 Å². The first-order valence-corrected chi connectivity index (χ1v) is 10.2. The molecular formula is C21H23FN6O5. The number of nitrogens with zero attached hydrogens (tertiary/aromatic N) is 4. The van der Waals surface area contributed by atoms with Gasteiger partial charge in [0.15, 0.2) is 12.4 Å². The predicted molar refractivity (Wildman–Crippen MR) is 113 cm³/mol. The van der Waals surface area contributed by atoms with Crippen molar-refractivity contribution in [2.45, 2.75) is 19.4 Å². The highest BCUT2D eigenvalue weighted by Crippen LogP contribution is 2.30. The molecule has 1 aliphatic heterocycles. The average molecular weight is 458 g/mol. The molecule has 1 saturated heterocycles. The van der Waals surface area contributed by atoms with Crippen LogP contribution in [0.5, 0.6) is 0 Å². The molecule has 33 heavy (non-hydrogen) atoms. The first kappa shape index (κ1) is 23.5. The van der Waals surface area contributed by atoms with Crippen molar-refractivity contribution in [1.29, 1.82) is 5.26 Å². The Kier molecular flexibility index (Phi) is 7.45. The van der Waals surface area contributed by atoms with E-state index in [0.717, 1.165) is 0 Å². The third-order valence-electron chi connectivity index (χ3n) is 5.06. The van der Waals surface area contributed by atoms with Crippen LogP contribution in [-0.2, 0) is 14.3 Å². The lowest BCUT2D eigenvalue weighted by molar-refractivity contribution is -0.146. The summed E-state index contributed by atoms with van der Waals surface area (Å²) in [5, 5.41) is 17.0. The van der Waals surface area contributed by atoms with Crippen molar-refractivity contribution in [2.24, 2.45) is 11.7 Å². The van der Waals surface area contributed by atoms with Gasteiger partial charge >= 0.3 is 12.1 Å². The number of benzene rings is 1. The van der Waals surface area contributed by atoms with Gasteiger partial charge < -0.3 is 25.4 Å². The fourth-order valence-electron chi connectivity index (χ4n) is 3.47. The Bertz CT molecular complexity index is 1060. The number of carbonyl (C=O) groups is 3. The summed E-state index contributed by atoms with van der Waals surface area (Å²) >= 11 is 0. The fourth-order valence-corrected chi connectivity index (χ4v) is 3.47. The molecule has 174 valence electrons. The van der Waals surface area contributed by atoms with Crippen molar-refractivity contribution in [3.05, 3.63) is 41.8 Å². The van der Waals surface area contributed by atoms with E-state index in [4.69, 9.17) is 15.2 Å². The summed E-state index contributed by atoms with van der Waals surface area (Å²) in [5.74, 6) is -2.28. The lowest BCUT2D eigenvalue weighted by Crippen LogP contribution is -2.44. The molecule has 1 aromatic heterocycles. The maximum absolute atomic E-state index is 13.2. The van der Waals surface area contributed by atoms with Crippen LogP contribution in [0.25, 0.3) is 0 Å². The number of nitrogens with one attached hydrogen (secondary N) is 1. The average Bonchev–Trinajstić information content (AvgIpc) is 3.22. The number of piperidine rings is 1. The molecule has 1 fully saturated rings. The van der Waals surface area contributed by atoms with Gasteiger partial charge in [0.2, 0.25) is 0 Å². The van der Waals surface area contributed by atoms with Gasteiger partial charge in [0.25, 0.3) is 5.91 Å². The van der Waals surface area contributed by atoms with Crippen LogP contribution in [-0.4, -0.2) is 59.0 Å². The van der Waals surface area contributed by atoms with E-state index in [-0.39, 0.29) is 31.1 Å². The lowest BCUT2D eigenvalue weighted by Gasteiger charge is -2.34. The topological polar surface area (TPSA) is 153 Å². The molecule has 0 unspecified atom stereocenters. The fraction of sp³-hybridized carbons (Fsp3) is 0.381. The number of esters is 1. The monoisotopic (exact) mass is 458 g/mol. The van der Waals surface area contributed by atoms with E-state index in [0.29, 0.717) is 12.1 Å². The molecule has 2 atom stereocenters. The van der Waals surface area contributed by atoms with Gasteiger partial charge in [-0.1, -0.05) is 0 Å². The van der Waals surface area contributed by atoms with Crippen molar-refractivity contribution in [3.63, 3.8) is 0 Å². The molecule has 1 aliphatic rings. The summed E-state index contributed by atoms with van der Waals surface area (Å²) < 4.78 is 24.3. The van der Waals surface area contributed by atoms with Crippen molar-refractivity contribution in [3.8, 4) is 6.07 Å². The number of rotatable bonds is 7. The van der Waals surface area contributed by atoms with Crippen molar-refractivity contribution in [2.75, 3.05) is 31.6 Å². The van der Waals surface area contributed by atoms with Gasteiger partial charge in [-0.25, -0.2) is 14.0 Å². The maximum atomic E-state index is 13.2. The Labute approximate surface area is 188 Å². The summed E-state index contributed by atoms with van der Waals surface area (Å²) in [7, 11) is 0. The van der Waals surface area contributed by atoms with E-state index >= 15 is 0 Å². The minimum atomic E-state index is -0.723. The number of nitriles is 1. The van der Waals surface area contributed by atoms with E-state index in [1.165, 1.54) is 40.0 Å². The molecule has 0 saturated carbocycles. The number of likely N-dealkylation sites (tertiary alicyclic amines) is 1. The van der Waals surface area contributed by atoms with Crippen LogP contribution in [0.3, 0.4) is 0 Å². The zero-order valence-corrected chi connectivity index (χ0v) is 17.9. The number of carbonyl (C=O) groups excluding carboxylic acids is 3. The van der Waals surface area contributed by atoms with Gasteiger partial charge in [0.1, 0.15) is 11.4 Å². The summed E-state index contributed by atoms with van der Waals surface area (Å²) in [6.45, 7) is 1.60. The molecular weight excluding hydrogens is 435 g/mol. The quantitative estimate of drug-likeness (QED) is 0.597.